The predicted molar refractivity (Wildman–Crippen MR) is 107 cm³/mol. The van der Waals surface area contributed by atoms with Gasteiger partial charge in [-0.15, -0.1) is 0 Å². The highest BCUT2D eigenvalue weighted by atomic mass is 35.5. The highest BCUT2D eigenvalue weighted by molar-refractivity contribution is 7.92. The smallest absolute Gasteiger partial charge is 0.259 e. The van der Waals surface area contributed by atoms with Gasteiger partial charge in [-0.3, -0.25) is 4.31 Å². The summed E-state index contributed by atoms with van der Waals surface area (Å²) in [6.07, 6.45) is 0. The van der Waals surface area contributed by atoms with Gasteiger partial charge in [-0.05, 0) is 49.7 Å². The molecule has 3 aromatic rings. The van der Waals surface area contributed by atoms with Crippen LogP contribution < -0.4 is 4.31 Å². The van der Waals surface area contributed by atoms with Gasteiger partial charge in [0.25, 0.3) is 10.0 Å². The lowest BCUT2D eigenvalue weighted by molar-refractivity contribution is 0.582. The van der Waals surface area contributed by atoms with Crippen LogP contribution in [0.1, 0.15) is 24.1 Å². The second-order valence-electron chi connectivity index (χ2n) is 6.30. The largest absolute Gasteiger partial charge is 0.264 e. The lowest BCUT2D eigenvalue weighted by Gasteiger charge is -2.31. The van der Waals surface area contributed by atoms with E-state index < -0.39 is 21.9 Å². The van der Waals surface area contributed by atoms with Gasteiger partial charge in [-0.25, -0.2) is 12.8 Å². The second kappa shape index (κ2) is 7.71. The zero-order valence-corrected chi connectivity index (χ0v) is 16.5. The predicted octanol–water partition coefficient (Wildman–Crippen LogP) is 5.74. The van der Waals surface area contributed by atoms with Crippen LogP contribution in [0.5, 0.6) is 0 Å². The molecule has 0 spiro atoms. The fraction of sp³-hybridized carbons (Fsp3) is 0.143. The summed E-state index contributed by atoms with van der Waals surface area (Å²) in [6, 6.07) is 19.5. The van der Waals surface area contributed by atoms with Gasteiger partial charge in [0.05, 0.1) is 21.6 Å². The van der Waals surface area contributed by atoms with E-state index in [0.29, 0.717) is 5.69 Å². The van der Waals surface area contributed by atoms with Crippen molar-refractivity contribution >= 4 is 27.3 Å². The lowest BCUT2D eigenvalue weighted by atomic mass is 10.1. The molecule has 1 atom stereocenters. The Morgan fingerprint density at radius 1 is 0.963 bits per heavy atom. The summed E-state index contributed by atoms with van der Waals surface area (Å²) in [6.45, 7) is 3.75. The average Bonchev–Trinajstić information content (AvgIpc) is 2.66. The molecule has 1 unspecified atom stereocenters. The van der Waals surface area contributed by atoms with Gasteiger partial charge >= 0.3 is 0 Å². The number of rotatable bonds is 5. The fourth-order valence-electron chi connectivity index (χ4n) is 2.88. The molecule has 27 heavy (non-hydrogen) atoms. The third kappa shape index (κ3) is 3.99. The average molecular weight is 404 g/mol. The SMILES string of the molecule is Cc1ccc(N(C(C)c2ccccc2)S(=O)(=O)c2ccc(F)c(Cl)c2)cc1. The Bertz CT molecular complexity index is 1040. The van der Waals surface area contributed by atoms with Gasteiger partial charge in [0, 0.05) is 0 Å². The molecule has 6 heteroatoms. The van der Waals surface area contributed by atoms with Crippen LogP contribution in [0, 0.1) is 12.7 Å². The van der Waals surface area contributed by atoms with E-state index in [9.17, 15) is 12.8 Å². The van der Waals surface area contributed by atoms with E-state index >= 15 is 0 Å². The van der Waals surface area contributed by atoms with Crippen molar-refractivity contribution in [3.63, 3.8) is 0 Å². The van der Waals surface area contributed by atoms with Crippen LogP contribution in [-0.4, -0.2) is 8.42 Å². The first kappa shape index (κ1) is 19.4. The number of aryl methyl sites for hydroxylation is 1. The zero-order chi connectivity index (χ0) is 19.6. The lowest BCUT2D eigenvalue weighted by Crippen LogP contribution is -2.33. The number of nitrogens with zero attached hydrogens (tertiary/aromatic N) is 1. The summed E-state index contributed by atoms with van der Waals surface area (Å²) in [4.78, 5) is -0.0581. The van der Waals surface area contributed by atoms with E-state index in [1.54, 1.807) is 12.1 Å². The molecule has 3 rings (SSSR count). The molecule has 0 fully saturated rings. The van der Waals surface area contributed by atoms with E-state index in [1.807, 2.05) is 56.3 Å². The standard InChI is InChI=1S/C21H19ClFNO2S/c1-15-8-10-18(11-9-15)24(16(2)17-6-4-3-5-7-17)27(25,26)19-12-13-21(23)20(22)14-19/h3-14,16H,1-2H3. The monoisotopic (exact) mass is 403 g/mol. The van der Waals surface area contributed by atoms with Crippen molar-refractivity contribution in [2.75, 3.05) is 4.31 Å². The molecule has 0 aliphatic rings. The summed E-state index contributed by atoms with van der Waals surface area (Å²) < 4.78 is 41.8. The zero-order valence-electron chi connectivity index (χ0n) is 14.9. The minimum absolute atomic E-state index is 0.0581. The van der Waals surface area contributed by atoms with Gasteiger partial charge in [-0.1, -0.05) is 59.6 Å². The quantitative estimate of drug-likeness (QED) is 0.544. The Hall–Kier alpha value is -2.37. The first-order valence-corrected chi connectivity index (χ1v) is 10.2. The molecular weight excluding hydrogens is 385 g/mol. The Morgan fingerprint density at radius 2 is 1.59 bits per heavy atom. The van der Waals surface area contributed by atoms with Crippen LogP contribution in [-0.2, 0) is 10.0 Å². The molecule has 0 amide bonds. The number of halogens is 2. The van der Waals surface area contributed by atoms with Crippen molar-refractivity contribution in [3.05, 3.63) is 94.8 Å². The maximum atomic E-state index is 13.5. The number of sulfonamides is 1. The molecule has 0 aliphatic carbocycles. The highest BCUT2D eigenvalue weighted by Crippen LogP contribution is 2.34. The molecule has 0 N–H and O–H groups in total. The summed E-state index contributed by atoms with van der Waals surface area (Å²) in [5.74, 6) is -0.659. The van der Waals surface area contributed by atoms with Crippen LogP contribution >= 0.6 is 11.6 Å². The maximum absolute atomic E-state index is 13.5. The summed E-state index contributed by atoms with van der Waals surface area (Å²) in [7, 11) is -3.97. The number of benzene rings is 3. The molecular formula is C21H19ClFNO2S. The van der Waals surface area contributed by atoms with E-state index in [-0.39, 0.29) is 9.92 Å². The van der Waals surface area contributed by atoms with Gasteiger partial charge < -0.3 is 0 Å². The molecule has 0 aromatic heterocycles. The van der Waals surface area contributed by atoms with E-state index in [1.165, 1.54) is 10.4 Å². The van der Waals surface area contributed by atoms with Gasteiger partial charge in [0.15, 0.2) is 0 Å². The van der Waals surface area contributed by atoms with Gasteiger partial charge in [0.1, 0.15) is 5.82 Å². The van der Waals surface area contributed by atoms with Crippen molar-refractivity contribution in [2.24, 2.45) is 0 Å². The first-order valence-electron chi connectivity index (χ1n) is 8.42. The van der Waals surface area contributed by atoms with Crippen LogP contribution in [0.4, 0.5) is 10.1 Å². The molecule has 0 aliphatic heterocycles. The maximum Gasteiger partial charge on any atom is 0.264 e. The Kier molecular flexibility index (Phi) is 5.53. The van der Waals surface area contributed by atoms with E-state index in [4.69, 9.17) is 11.6 Å². The van der Waals surface area contributed by atoms with E-state index in [0.717, 1.165) is 23.3 Å². The van der Waals surface area contributed by atoms with Crippen molar-refractivity contribution in [2.45, 2.75) is 24.8 Å². The van der Waals surface area contributed by atoms with Crippen molar-refractivity contribution in [1.29, 1.82) is 0 Å². The van der Waals surface area contributed by atoms with Crippen LogP contribution in [0.3, 0.4) is 0 Å². The Labute approximate surface area is 164 Å². The summed E-state index contributed by atoms with van der Waals surface area (Å²) in [5.41, 5.74) is 2.39. The number of hydrogen-bond donors (Lipinski definition) is 0. The molecule has 3 nitrogen and oxygen atoms in total. The molecule has 0 saturated heterocycles. The van der Waals surface area contributed by atoms with E-state index in [2.05, 4.69) is 0 Å². The molecule has 0 heterocycles. The second-order valence-corrected chi connectivity index (χ2v) is 8.52. The number of anilines is 1. The van der Waals surface area contributed by atoms with Gasteiger partial charge in [-0.2, -0.15) is 0 Å². The van der Waals surface area contributed by atoms with Crippen molar-refractivity contribution < 1.29 is 12.8 Å². The fourth-order valence-corrected chi connectivity index (χ4v) is 4.80. The normalized spacial score (nSPS) is 12.6. The third-order valence-corrected chi connectivity index (χ3v) is 6.55. The molecule has 0 saturated carbocycles. The minimum Gasteiger partial charge on any atom is -0.259 e. The molecule has 3 aromatic carbocycles. The summed E-state index contributed by atoms with van der Waals surface area (Å²) in [5, 5.41) is -0.229. The summed E-state index contributed by atoms with van der Waals surface area (Å²) >= 11 is 5.83. The molecule has 0 bridgehead atoms. The van der Waals surface area contributed by atoms with Crippen LogP contribution in [0.2, 0.25) is 5.02 Å². The minimum atomic E-state index is -3.97. The van der Waals surface area contributed by atoms with Crippen LogP contribution in [0.25, 0.3) is 0 Å². The molecule has 0 radical (unpaired) electrons. The van der Waals surface area contributed by atoms with Gasteiger partial charge in [0.2, 0.25) is 0 Å². The topological polar surface area (TPSA) is 37.4 Å². The number of hydrogen-bond acceptors (Lipinski definition) is 2. The highest BCUT2D eigenvalue weighted by Gasteiger charge is 2.30. The first-order chi connectivity index (χ1) is 12.8. The van der Waals surface area contributed by atoms with Crippen molar-refractivity contribution in [1.82, 2.24) is 0 Å². The van der Waals surface area contributed by atoms with Crippen molar-refractivity contribution in [3.8, 4) is 0 Å². The Morgan fingerprint density at radius 3 is 2.19 bits per heavy atom. The van der Waals surface area contributed by atoms with Crippen LogP contribution in [0.15, 0.2) is 77.7 Å². The Balaban J connectivity index is 2.16. The third-order valence-electron chi connectivity index (χ3n) is 4.37. The molecule has 140 valence electrons.